The number of nitrogens with zero attached hydrogens (tertiary/aromatic N) is 1. The largest absolute Gasteiger partial charge is 0.311 e. The van der Waals surface area contributed by atoms with E-state index in [0.29, 0.717) is 0 Å². The van der Waals surface area contributed by atoms with Crippen LogP contribution in [0, 0.1) is 0 Å². The standard InChI is InChI=1S/C30H19NS4/c1-2-4-22(5-3-1)31(23-10-6-20(7-11-23)27-18-29-25(34-27)14-16-32-29)24-12-8-21(9-13-24)28-19-30-26(35-28)15-17-33-30/h1-19H. The zero-order chi connectivity index (χ0) is 23.2. The van der Waals surface area contributed by atoms with Crippen LogP contribution in [0.3, 0.4) is 0 Å². The summed E-state index contributed by atoms with van der Waals surface area (Å²) in [4.78, 5) is 4.97. The fourth-order valence-corrected chi connectivity index (χ4v) is 8.62. The van der Waals surface area contributed by atoms with Crippen LogP contribution in [0.25, 0.3) is 39.7 Å². The molecule has 7 rings (SSSR count). The van der Waals surface area contributed by atoms with Crippen molar-refractivity contribution in [2.24, 2.45) is 0 Å². The average Bonchev–Trinajstić information content (AvgIpc) is 3.67. The van der Waals surface area contributed by atoms with Gasteiger partial charge in [-0.25, -0.2) is 0 Å². The van der Waals surface area contributed by atoms with Crippen LogP contribution in [-0.4, -0.2) is 0 Å². The van der Waals surface area contributed by atoms with Crippen molar-refractivity contribution >= 4 is 81.2 Å². The highest BCUT2D eigenvalue weighted by atomic mass is 32.1. The second kappa shape index (κ2) is 8.77. The number of benzene rings is 3. The highest BCUT2D eigenvalue weighted by Gasteiger charge is 2.14. The first-order valence-electron chi connectivity index (χ1n) is 11.3. The maximum Gasteiger partial charge on any atom is 0.0462 e. The Hall–Kier alpha value is -3.22. The van der Waals surface area contributed by atoms with Gasteiger partial charge < -0.3 is 4.90 Å². The third-order valence-corrected chi connectivity index (χ3v) is 10.4. The lowest BCUT2D eigenvalue weighted by Gasteiger charge is -2.25. The van der Waals surface area contributed by atoms with Gasteiger partial charge in [-0.2, -0.15) is 0 Å². The first kappa shape index (κ1) is 21.1. The number of hydrogen-bond acceptors (Lipinski definition) is 5. The Bertz CT molecular complexity index is 1560. The van der Waals surface area contributed by atoms with Crippen molar-refractivity contribution in [2.45, 2.75) is 0 Å². The molecule has 0 bridgehead atoms. The molecule has 0 saturated heterocycles. The lowest BCUT2D eigenvalue weighted by atomic mass is 10.1. The van der Waals surface area contributed by atoms with Gasteiger partial charge in [-0.1, -0.05) is 42.5 Å². The molecule has 0 N–H and O–H groups in total. The summed E-state index contributed by atoms with van der Waals surface area (Å²) >= 11 is 7.35. The molecular weight excluding hydrogens is 503 g/mol. The van der Waals surface area contributed by atoms with Crippen molar-refractivity contribution in [1.82, 2.24) is 0 Å². The Labute approximate surface area is 219 Å². The van der Waals surface area contributed by atoms with Crippen LogP contribution in [0.5, 0.6) is 0 Å². The van der Waals surface area contributed by atoms with E-state index >= 15 is 0 Å². The Morgan fingerprint density at radius 1 is 0.429 bits per heavy atom. The van der Waals surface area contributed by atoms with Crippen LogP contribution >= 0.6 is 45.3 Å². The van der Waals surface area contributed by atoms with E-state index < -0.39 is 0 Å². The number of para-hydroxylation sites is 1. The Balaban J connectivity index is 1.25. The SMILES string of the molecule is c1ccc(N(c2ccc(-c3cc4sccc4s3)cc2)c2ccc(-c3cc4sccc4s3)cc2)cc1. The van der Waals surface area contributed by atoms with Gasteiger partial charge in [0.15, 0.2) is 0 Å². The number of fused-ring (bicyclic) bond motifs is 2. The monoisotopic (exact) mass is 521 g/mol. The second-order valence-corrected chi connectivity index (χ2v) is 12.3. The maximum absolute atomic E-state index is 2.33. The first-order valence-corrected chi connectivity index (χ1v) is 14.7. The summed E-state index contributed by atoms with van der Waals surface area (Å²) in [6.07, 6.45) is 0. The van der Waals surface area contributed by atoms with Crippen LogP contribution < -0.4 is 4.90 Å². The molecule has 0 saturated carbocycles. The van der Waals surface area contributed by atoms with Crippen molar-refractivity contribution in [3.8, 4) is 20.9 Å². The minimum Gasteiger partial charge on any atom is -0.311 e. The van der Waals surface area contributed by atoms with Crippen LogP contribution in [0.2, 0.25) is 0 Å². The van der Waals surface area contributed by atoms with Crippen LogP contribution in [0.15, 0.2) is 114 Å². The van der Waals surface area contributed by atoms with Gasteiger partial charge in [0.05, 0.1) is 0 Å². The van der Waals surface area contributed by atoms with Crippen LogP contribution in [0.4, 0.5) is 17.1 Å². The van der Waals surface area contributed by atoms with E-state index in [2.05, 4.69) is 119 Å². The summed E-state index contributed by atoms with van der Waals surface area (Å²) in [6, 6.07) is 37.6. The normalized spacial score (nSPS) is 11.4. The summed E-state index contributed by atoms with van der Waals surface area (Å²) in [7, 11) is 0. The van der Waals surface area contributed by atoms with E-state index in [1.165, 1.54) is 39.7 Å². The minimum absolute atomic E-state index is 1.15. The summed E-state index contributed by atoms with van der Waals surface area (Å²) in [5.41, 5.74) is 6.00. The predicted molar refractivity (Wildman–Crippen MR) is 159 cm³/mol. The molecule has 0 amide bonds. The molecule has 0 fully saturated rings. The van der Waals surface area contributed by atoms with Gasteiger partial charge in [-0.15, -0.1) is 45.3 Å². The first-order chi connectivity index (χ1) is 17.3. The maximum atomic E-state index is 2.33. The quantitative estimate of drug-likeness (QED) is 0.218. The molecule has 0 spiro atoms. The van der Waals surface area contributed by atoms with Gasteiger partial charge in [0.2, 0.25) is 0 Å². The Morgan fingerprint density at radius 2 is 0.886 bits per heavy atom. The fraction of sp³-hybridized carbons (Fsp3) is 0. The summed E-state index contributed by atoms with van der Waals surface area (Å²) in [5.74, 6) is 0. The molecule has 0 atom stereocenters. The summed E-state index contributed by atoms with van der Waals surface area (Å²) in [6.45, 7) is 0. The van der Waals surface area contributed by atoms with Gasteiger partial charge >= 0.3 is 0 Å². The van der Waals surface area contributed by atoms with Gasteiger partial charge in [0.1, 0.15) is 0 Å². The van der Waals surface area contributed by atoms with E-state index in [1.807, 2.05) is 45.3 Å². The molecule has 0 unspecified atom stereocenters. The summed E-state index contributed by atoms with van der Waals surface area (Å²) < 4.78 is 5.47. The van der Waals surface area contributed by atoms with Gasteiger partial charge in [-0.05, 0) is 82.6 Å². The Kier molecular flexibility index (Phi) is 5.29. The Morgan fingerprint density at radius 3 is 1.34 bits per heavy atom. The molecular formula is C30H19NS4. The lowest BCUT2D eigenvalue weighted by molar-refractivity contribution is 1.28. The molecule has 4 heterocycles. The minimum atomic E-state index is 1.15. The fourth-order valence-electron chi connectivity index (χ4n) is 4.39. The van der Waals surface area contributed by atoms with E-state index in [9.17, 15) is 0 Å². The molecule has 168 valence electrons. The molecule has 0 aliphatic carbocycles. The number of rotatable bonds is 5. The third kappa shape index (κ3) is 3.91. The molecule has 1 nitrogen and oxygen atoms in total. The van der Waals surface area contributed by atoms with Crippen LogP contribution in [-0.2, 0) is 0 Å². The van der Waals surface area contributed by atoms with Crippen molar-refractivity contribution in [3.63, 3.8) is 0 Å². The van der Waals surface area contributed by atoms with Crippen LogP contribution in [0.1, 0.15) is 0 Å². The van der Waals surface area contributed by atoms with Crippen molar-refractivity contribution in [2.75, 3.05) is 4.90 Å². The number of anilines is 3. The van der Waals surface area contributed by atoms with Crippen molar-refractivity contribution < 1.29 is 0 Å². The smallest absolute Gasteiger partial charge is 0.0462 e. The zero-order valence-electron chi connectivity index (χ0n) is 18.5. The molecule has 35 heavy (non-hydrogen) atoms. The molecule has 0 aliphatic heterocycles. The van der Waals surface area contributed by atoms with Crippen molar-refractivity contribution in [1.29, 1.82) is 0 Å². The molecule has 3 aromatic carbocycles. The zero-order valence-corrected chi connectivity index (χ0v) is 21.8. The molecule has 4 aromatic heterocycles. The lowest BCUT2D eigenvalue weighted by Crippen LogP contribution is -2.09. The van der Waals surface area contributed by atoms with Gasteiger partial charge in [0.25, 0.3) is 0 Å². The highest BCUT2D eigenvalue weighted by molar-refractivity contribution is 7.29. The van der Waals surface area contributed by atoms with Gasteiger partial charge in [0, 0.05) is 45.6 Å². The summed E-state index contributed by atoms with van der Waals surface area (Å²) in [5, 5.41) is 4.33. The third-order valence-electron chi connectivity index (χ3n) is 6.11. The van der Waals surface area contributed by atoms with Crippen molar-refractivity contribution in [3.05, 3.63) is 114 Å². The van der Waals surface area contributed by atoms with Gasteiger partial charge in [-0.3, -0.25) is 0 Å². The van der Waals surface area contributed by atoms with E-state index in [4.69, 9.17) is 0 Å². The number of hydrogen-bond donors (Lipinski definition) is 0. The topological polar surface area (TPSA) is 3.24 Å². The highest BCUT2D eigenvalue weighted by Crippen LogP contribution is 2.41. The van der Waals surface area contributed by atoms with E-state index in [1.54, 1.807) is 0 Å². The average molecular weight is 522 g/mol. The number of thiophene rings is 4. The second-order valence-electron chi connectivity index (χ2n) is 8.28. The predicted octanol–water partition coefficient (Wildman–Crippen LogP) is 11.0. The molecule has 5 heteroatoms. The molecule has 0 radical (unpaired) electrons. The van der Waals surface area contributed by atoms with E-state index in [0.717, 1.165) is 17.1 Å². The molecule has 7 aromatic rings. The molecule has 0 aliphatic rings. The van der Waals surface area contributed by atoms with E-state index in [-0.39, 0.29) is 0 Å².